The molecule has 6 nitrogen and oxygen atoms in total. The van der Waals surface area contributed by atoms with Crippen LogP contribution >= 0.6 is 11.8 Å². The lowest BCUT2D eigenvalue weighted by atomic mass is 9.91. The van der Waals surface area contributed by atoms with Gasteiger partial charge in [0.2, 0.25) is 5.92 Å². The fourth-order valence-corrected chi connectivity index (χ4v) is 3.68. The molecule has 132 valence electrons. The fraction of sp³-hybridized carbons (Fsp3) is 0.375. The van der Waals surface area contributed by atoms with Gasteiger partial charge in [-0.05, 0) is 36.7 Å². The number of allylic oxidation sites excluding steroid dienone is 1. The number of nitrogens with two attached hydrogens (primary N) is 1. The molecule has 0 radical (unpaired) electrons. The van der Waals surface area contributed by atoms with E-state index >= 15 is 0 Å². The molecule has 1 saturated carbocycles. The molecule has 25 heavy (non-hydrogen) atoms. The molecule has 3 rings (SSSR count). The van der Waals surface area contributed by atoms with Crippen molar-refractivity contribution in [3.63, 3.8) is 0 Å². The summed E-state index contributed by atoms with van der Waals surface area (Å²) in [4.78, 5) is 41.6. The molecule has 9 heteroatoms. The van der Waals surface area contributed by atoms with Crippen LogP contribution in [0.4, 0.5) is 19.4 Å². The van der Waals surface area contributed by atoms with Gasteiger partial charge in [-0.3, -0.25) is 19.3 Å². The summed E-state index contributed by atoms with van der Waals surface area (Å²) in [6, 6.07) is 2.91. The molecule has 1 aromatic rings. The van der Waals surface area contributed by atoms with Gasteiger partial charge in [-0.1, -0.05) is 5.57 Å². The van der Waals surface area contributed by atoms with Gasteiger partial charge in [-0.2, -0.15) is 0 Å². The summed E-state index contributed by atoms with van der Waals surface area (Å²) in [7, 11) is 0. The number of nitrogen functional groups attached to an aromatic ring is 1. The molecule has 2 amide bonds. The maximum atomic E-state index is 13.3. The van der Waals surface area contributed by atoms with E-state index in [1.165, 1.54) is 18.3 Å². The molecule has 0 unspecified atom stereocenters. The number of thioether (sulfide) groups is 1. The number of amides is 2. The number of carbonyl (C=O) groups is 3. The molecule has 0 bridgehead atoms. The third-order valence-electron chi connectivity index (χ3n) is 4.17. The van der Waals surface area contributed by atoms with Crippen molar-refractivity contribution in [1.82, 2.24) is 9.88 Å². The topological polar surface area (TPSA) is 93.4 Å². The number of halogens is 2. The zero-order chi connectivity index (χ0) is 18.2. The summed E-state index contributed by atoms with van der Waals surface area (Å²) in [5.74, 6) is -3.51. The van der Waals surface area contributed by atoms with Crippen molar-refractivity contribution in [2.45, 2.75) is 31.6 Å². The minimum atomic E-state index is -2.72. The van der Waals surface area contributed by atoms with E-state index < -0.39 is 29.4 Å². The third kappa shape index (κ3) is 3.71. The first-order valence-electron chi connectivity index (χ1n) is 7.65. The van der Waals surface area contributed by atoms with Crippen LogP contribution in [0.3, 0.4) is 0 Å². The Hall–Kier alpha value is -2.29. The molecular weight excluding hydrogens is 352 g/mol. The number of nitrogens with zero attached hydrogens (tertiary/aromatic N) is 2. The quantitative estimate of drug-likeness (QED) is 0.652. The molecule has 2 aliphatic rings. The average molecular weight is 367 g/mol. The average Bonchev–Trinajstić information content (AvgIpc) is 2.83. The lowest BCUT2D eigenvalue weighted by molar-refractivity contribution is -0.122. The molecular formula is C16H15F2N3O3S. The molecule has 0 atom stereocenters. The Morgan fingerprint density at radius 3 is 2.56 bits per heavy atom. The number of pyridine rings is 1. The molecule has 2 heterocycles. The van der Waals surface area contributed by atoms with Crippen LogP contribution in [0.25, 0.3) is 0 Å². The zero-order valence-corrected chi connectivity index (χ0v) is 13.9. The van der Waals surface area contributed by atoms with Crippen molar-refractivity contribution in [3.8, 4) is 0 Å². The predicted octanol–water partition coefficient (Wildman–Crippen LogP) is 3.01. The van der Waals surface area contributed by atoms with Crippen molar-refractivity contribution in [2.24, 2.45) is 0 Å². The maximum Gasteiger partial charge on any atom is 0.293 e. The number of aromatic nitrogens is 1. The van der Waals surface area contributed by atoms with E-state index in [9.17, 15) is 23.2 Å². The van der Waals surface area contributed by atoms with Gasteiger partial charge in [0.1, 0.15) is 5.82 Å². The van der Waals surface area contributed by atoms with Crippen molar-refractivity contribution in [1.29, 1.82) is 0 Å². The first-order valence-corrected chi connectivity index (χ1v) is 8.47. The number of anilines is 1. The minimum absolute atomic E-state index is 0.0814. The van der Waals surface area contributed by atoms with Crippen molar-refractivity contribution in [3.05, 3.63) is 34.4 Å². The van der Waals surface area contributed by atoms with Gasteiger partial charge in [-0.25, -0.2) is 13.8 Å². The Labute approximate surface area is 146 Å². The van der Waals surface area contributed by atoms with Crippen LogP contribution in [0, 0.1) is 0 Å². The van der Waals surface area contributed by atoms with Crippen molar-refractivity contribution < 1.29 is 23.2 Å². The second-order valence-electron chi connectivity index (χ2n) is 5.94. The van der Waals surface area contributed by atoms with E-state index in [0.717, 1.165) is 4.90 Å². The SMILES string of the molecule is Nc1ccc(C(=O)CN2C(=O)SC(=C3CCC(F)(F)CC3)C2=O)cn1. The molecule has 1 aromatic heterocycles. The zero-order valence-electron chi connectivity index (χ0n) is 13.1. The Bertz CT molecular complexity index is 765. The van der Waals surface area contributed by atoms with Crippen LogP contribution in [-0.2, 0) is 4.79 Å². The first kappa shape index (κ1) is 17.5. The van der Waals surface area contributed by atoms with Crippen molar-refractivity contribution >= 4 is 34.5 Å². The lowest BCUT2D eigenvalue weighted by Gasteiger charge is -2.24. The number of ketones is 1. The number of carbonyl (C=O) groups excluding carboxylic acids is 3. The number of imide groups is 1. The van der Waals surface area contributed by atoms with Crippen LogP contribution in [0.2, 0.25) is 0 Å². The Morgan fingerprint density at radius 1 is 1.28 bits per heavy atom. The Morgan fingerprint density at radius 2 is 1.96 bits per heavy atom. The van der Waals surface area contributed by atoms with Gasteiger partial charge < -0.3 is 5.73 Å². The highest BCUT2D eigenvalue weighted by atomic mass is 32.2. The largest absolute Gasteiger partial charge is 0.384 e. The fourth-order valence-electron chi connectivity index (χ4n) is 2.70. The number of rotatable bonds is 3. The smallest absolute Gasteiger partial charge is 0.293 e. The highest BCUT2D eigenvalue weighted by Gasteiger charge is 2.41. The van der Waals surface area contributed by atoms with E-state index in [4.69, 9.17) is 5.73 Å². The Balaban J connectivity index is 1.73. The molecule has 0 aromatic carbocycles. The van der Waals surface area contributed by atoms with Crippen LogP contribution in [0.5, 0.6) is 0 Å². The summed E-state index contributed by atoms with van der Waals surface area (Å²) in [6.07, 6.45) is 0.780. The van der Waals surface area contributed by atoms with Gasteiger partial charge in [0.25, 0.3) is 11.1 Å². The lowest BCUT2D eigenvalue weighted by Crippen LogP contribution is -2.34. The molecule has 1 saturated heterocycles. The van der Waals surface area contributed by atoms with Gasteiger partial charge in [0, 0.05) is 24.6 Å². The van der Waals surface area contributed by atoms with Crippen molar-refractivity contribution in [2.75, 3.05) is 12.3 Å². The van der Waals surface area contributed by atoms with E-state index in [2.05, 4.69) is 4.98 Å². The summed E-state index contributed by atoms with van der Waals surface area (Å²) >= 11 is 0.712. The van der Waals surface area contributed by atoms with E-state index in [-0.39, 0.29) is 42.0 Å². The normalized spacial score (nSPS) is 20.3. The molecule has 2 N–H and O–H groups in total. The first-order chi connectivity index (χ1) is 11.8. The maximum absolute atomic E-state index is 13.3. The van der Waals surface area contributed by atoms with Crippen LogP contribution < -0.4 is 5.73 Å². The summed E-state index contributed by atoms with van der Waals surface area (Å²) in [5.41, 5.74) is 6.25. The number of Topliss-reactive ketones (excluding diaryl/α,β-unsaturated/α-hetero) is 1. The van der Waals surface area contributed by atoms with E-state index in [1.807, 2.05) is 0 Å². The predicted molar refractivity (Wildman–Crippen MR) is 88.1 cm³/mol. The van der Waals surface area contributed by atoms with E-state index in [1.54, 1.807) is 0 Å². The minimum Gasteiger partial charge on any atom is -0.384 e. The second-order valence-corrected chi connectivity index (χ2v) is 6.90. The van der Waals surface area contributed by atoms with E-state index in [0.29, 0.717) is 17.3 Å². The van der Waals surface area contributed by atoms with Gasteiger partial charge >= 0.3 is 0 Å². The highest BCUT2D eigenvalue weighted by molar-refractivity contribution is 8.18. The van der Waals surface area contributed by atoms with Crippen LogP contribution in [-0.4, -0.2) is 39.3 Å². The summed E-state index contributed by atoms with van der Waals surface area (Å²) in [5, 5.41) is -0.568. The summed E-state index contributed by atoms with van der Waals surface area (Å²) in [6.45, 7) is -0.413. The molecule has 0 spiro atoms. The van der Waals surface area contributed by atoms with Crippen LogP contribution in [0.1, 0.15) is 36.0 Å². The van der Waals surface area contributed by atoms with Gasteiger partial charge in [0.15, 0.2) is 5.78 Å². The monoisotopic (exact) mass is 367 g/mol. The van der Waals surface area contributed by atoms with Gasteiger partial charge in [-0.15, -0.1) is 0 Å². The number of alkyl halides is 2. The highest BCUT2D eigenvalue weighted by Crippen LogP contribution is 2.42. The van der Waals surface area contributed by atoms with Gasteiger partial charge in [0.05, 0.1) is 11.4 Å². The summed E-state index contributed by atoms with van der Waals surface area (Å²) < 4.78 is 26.5. The van der Waals surface area contributed by atoms with Crippen LogP contribution in [0.15, 0.2) is 28.8 Å². The molecule has 1 aliphatic carbocycles. The number of hydrogen-bond donors (Lipinski definition) is 1. The molecule has 2 fully saturated rings. The standard InChI is InChI=1S/C16H15F2N3O3S/c17-16(18)5-3-9(4-6-16)13-14(23)21(15(24)25-13)8-11(22)10-1-2-12(19)20-7-10/h1-2,7H,3-6,8H2,(H2,19,20). The second kappa shape index (κ2) is 6.55. The number of hydrogen-bond acceptors (Lipinski definition) is 6. The Kier molecular flexibility index (Phi) is 4.59. The molecule has 1 aliphatic heterocycles. The third-order valence-corrected chi connectivity index (χ3v) is 5.23.